The maximum absolute atomic E-state index is 12.2. The van der Waals surface area contributed by atoms with Gasteiger partial charge in [-0.2, -0.15) is 0 Å². The molecule has 0 bridgehead atoms. The summed E-state index contributed by atoms with van der Waals surface area (Å²) in [5.41, 5.74) is 0.839. The largest absolute Gasteiger partial charge is 0.464 e. The van der Waals surface area contributed by atoms with Gasteiger partial charge >= 0.3 is 5.97 Å². The first-order valence-corrected chi connectivity index (χ1v) is 8.83. The van der Waals surface area contributed by atoms with Crippen LogP contribution in [0, 0.1) is 0 Å². The third-order valence-corrected chi connectivity index (χ3v) is 3.61. The quantitative estimate of drug-likeness (QED) is 0.473. The monoisotopic (exact) mass is 348 g/mol. The fourth-order valence-corrected chi connectivity index (χ4v) is 2.32. The van der Waals surface area contributed by atoms with E-state index in [0.29, 0.717) is 6.54 Å². The van der Waals surface area contributed by atoms with Gasteiger partial charge in [0.2, 0.25) is 11.8 Å². The molecular formula is C19H28N2O4. The molecule has 0 radical (unpaired) electrons. The molecule has 25 heavy (non-hydrogen) atoms. The van der Waals surface area contributed by atoms with Crippen LogP contribution in [0.3, 0.4) is 0 Å². The normalized spacial score (nSPS) is 11.4. The molecule has 0 aromatic heterocycles. The molecule has 0 saturated heterocycles. The number of hydrogen-bond acceptors (Lipinski definition) is 4. The van der Waals surface area contributed by atoms with Crippen LogP contribution >= 0.6 is 0 Å². The molecule has 2 N–H and O–H groups in total. The average Bonchev–Trinajstić information content (AvgIpc) is 2.59. The van der Waals surface area contributed by atoms with Crippen LogP contribution in [0.15, 0.2) is 30.3 Å². The van der Waals surface area contributed by atoms with Crippen molar-refractivity contribution in [2.75, 3.05) is 13.2 Å². The molecule has 1 rings (SSSR count). The fraction of sp³-hybridized carbons (Fsp3) is 0.526. The maximum atomic E-state index is 12.2. The molecule has 6 heteroatoms. The van der Waals surface area contributed by atoms with Crippen LogP contribution in [0.2, 0.25) is 0 Å². The number of unbranched alkanes of at least 4 members (excludes halogenated alkanes) is 2. The molecular weight excluding hydrogens is 320 g/mol. The van der Waals surface area contributed by atoms with Gasteiger partial charge in [0, 0.05) is 6.54 Å². The Hall–Kier alpha value is -2.37. The van der Waals surface area contributed by atoms with Crippen molar-refractivity contribution in [3.05, 3.63) is 35.9 Å². The molecule has 0 aliphatic rings. The first kappa shape index (κ1) is 20.7. The summed E-state index contributed by atoms with van der Waals surface area (Å²) in [5.74, 6) is -1.18. The van der Waals surface area contributed by atoms with E-state index >= 15 is 0 Å². The Morgan fingerprint density at radius 3 is 2.40 bits per heavy atom. The number of amides is 2. The predicted molar refractivity (Wildman–Crippen MR) is 95.9 cm³/mol. The van der Waals surface area contributed by atoms with Crippen molar-refractivity contribution in [2.24, 2.45) is 0 Å². The Labute approximate surface area is 149 Å². The zero-order valence-electron chi connectivity index (χ0n) is 15.0. The molecule has 0 heterocycles. The third-order valence-electron chi connectivity index (χ3n) is 3.61. The topological polar surface area (TPSA) is 84.5 Å². The molecule has 6 nitrogen and oxygen atoms in total. The van der Waals surface area contributed by atoms with E-state index in [1.807, 2.05) is 30.3 Å². The van der Waals surface area contributed by atoms with Gasteiger partial charge in [-0.05, 0) is 18.9 Å². The van der Waals surface area contributed by atoms with Gasteiger partial charge in [-0.25, -0.2) is 4.79 Å². The molecule has 2 amide bonds. The van der Waals surface area contributed by atoms with Gasteiger partial charge in [0.15, 0.2) is 0 Å². The lowest BCUT2D eigenvalue weighted by molar-refractivity contribution is -0.148. The van der Waals surface area contributed by atoms with Crippen molar-refractivity contribution in [2.45, 2.75) is 52.0 Å². The minimum atomic E-state index is -0.970. The third kappa shape index (κ3) is 8.88. The Balaban J connectivity index is 2.55. The van der Waals surface area contributed by atoms with Crippen molar-refractivity contribution < 1.29 is 19.1 Å². The van der Waals surface area contributed by atoms with Gasteiger partial charge in [0.25, 0.3) is 0 Å². The van der Waals surface area contributed by atoms with Crippen molar-refractivity contribution >= 4 is 17.8 Å². The Bertz CT molecular complexity index is 546. The summed E-state index contributed by atoms with van der Waals surface area (Å²) in [6, 6.07) is 8.25. The van der Waals surface area contributed by atoms with Crippen molar-refractivity contribution in [1.82, 2.24) is 10.6 Å². The zero-order chi connectivity index (χ0) is 18.5. The van der Waals surface area contributed by atoms with Crippen LogP contribution in [0.25, 0.3) is 0 Å². The minimum absolute atomic E-state index is 0.120. The van der Waals surface area contributed by atoms with E-state index in [-0.39, 0.29) is 31.3 Å². The minimum Gasteiger partial charge on any atom is -0.464 e. The number of benzene rings is 1. The smallest absolute Gasteiger partial charge is 0.329 e. The number of carbonyl (C=O) groups excluding carboxylic acids is 3. The van der Waals surface area contributed by atoms with E-state index in [9.17, 15) is 14.4 Å². The summed E-state index contributed by atoms with van der Waals surface area (Å²) in [6.07, 6.45) is 3.03. The van der Waals surface area contributed by atoms with Crippen LogP contribution in [0.1, 0.15) is 45.1 Å². The Kier molecular flexibility index (Phi) is 9.97. The molecule has 138 valence electrons. The summed E-state index contributed by atoms with van der Waals surface area (Å²) >= 11 is 0. The lowest BCUT2D eigenvalue weighted by atomic mass is 10.1. The Morgan fingerprint density at radius 2 is 1.76 bits per heavy atom. The summed E-state index contributed by atoms with van der Waals surface area (Å²) < 4.78 is 4.97. The van der Waals surface area contributed by atoms with E-state index < -0.39 is 12.0 Å². The average molecular weight is 348 g/mol. The molecule has 0 unspecified atom stereocenters. The van der Waals surface area contributed by atoms with E-state index in [0.717, 1.165) is 24.8 Å². The molecule has 0 aliphatic carbocycles. The van der Waals surface area contributed by atoms with Crippen molar-refractivity contribution in [3.63, 3.8) is 0 Å². The highest BCUT2D eigenvalue weighted by Gasteiger charge is 2.25. The molecule has 0 spiro atoms. The number of carbonyl (C=O) groups is 3. The number of nitrogens with one attached hydrogen (secondary N) is 2. The number of hydrogen-bond donors (Lipinski definition) is 2. The second-order valence-electron chi connectivity index (χ2n) is 5.80. The predicted octanol–water partition coefficient (Wildman–Crippen LogP) is 1.97. The van der Waals surface area contributed by atoms with Gasteiger partial charge in [-0.15, -0.1) is 0 Å². The summed E-state index contributed by atoms with van der Waals surface area (Å²) in [7, 11) is 0. The Morgan fingerprint density at radius 1 is 1.04 bits per heavy atom. The highest BCUT2D eigenvalue weighted by Crippen LogP contribution is 2.02. The fourth-order valence-electron chi connectivity index (χ4n) is 2.32. The van der Waals surface area contributed by atoms with Crippen molar-refractivity contribution in [1.29, 1.82) is 0 Å². The lowest BCUT2D eigenvalue weighted by Gasteiger charge is -2.17. The highest BCUT2D eigenvalue weighted by atomic mass is 16.5. The standard InChI is InChI=1S/C19H28N2O4/c1-3-5-9-12-20-17(22)14-16(19(24)25-4-2)21-18(23)13-15-10-7-6-8-11-15/h6-8,10-11,16H,3-5,9,12-14H2,1-2H3,(H,20,22)(H,21,23)/t16-/m1/s1. The highest BCUT2D eigenvalue weighted by molar-refractivity contribution is 5.90. The lowest BCUT2D eigenvalue weighted by Crippen LogP contribution is -2.45. The maximum Gasteiger partial charge on any atom is 0.329 e. The number of ether oxygens (including phenoxy) is 1. The van der Waals surface area contributed by atoms with Crippen LogP contribution in [-0.4, -0.2) is 37.0 Å². The zero-order valence-corrected chi connectivity index (χ0v) is 15.0. The molecule has 0 aliphatic heterocycles. The second-order valence-corrected chi connectivity index (χ2v) is 5.80. The molecule has 1 aromatic rings. The van der Waals surface area contributed by atoms with Crippen LogP contribution in [-0.2, 0) is 25.5 Å². The van der Waals surface area contributed by atoms with Gasteiger partial charge in [-0.3, -0.25) is 9.59 Å². The van der Waals surface area contributed by atoms with E-state index in [2.05, 4.69) is 17.6 Å². The van der Waals surface area contributed by atoms with Gasteiger partial charge in [-0.1, -0.05) is 50.1 Å². The molecule has 1 aromatic carbocycles. The summed E-state index contributed by atoms with van der Waals surface area (Å²) in [6.45, 7) is 4.54. The van der Waals surface area contributed by atoms with Gasteiger partial charge in [0.05, 0.1) is 19.4 Å². The van der Waals surface area contributed by atoms with Gasteiger partial charge < -0.3 is 15.4 Å². The van der Waals surface area contributed by atoms with E-state index in [1.54, 1.807) is 6.92 Å². The number of esters is 1. The van der Waals surface area contributed by atoms with Gasteiger partial charge in [0.1, 0.15) is 6.04 Å². The first-order chi connectivity index (χ1) is 12.1. The first-order valence-electron chi connectivity index (χ1n) is 8.83. The van der Waals surface area contributed by atoms with Crippen LogP contribution < -0.4 is 10.6 Å². The van der Waals surface area contributed by atoms with E-state index in [1.165, 1.54) is 0 Å². The molecule has 0 fully saturated rings. The summed E-state index contributed by atoms with van der Waals surface area (Å²) in [5, 5.41) is 5.38. The number of rotatable bonds is 11. The van der Waals surface area contributed by atoms with Crippen molar-refractivity contribution in [3.8, 4) is 0 Å². The van der Waals surface area contributed by atoms with Crippen LogP contribution in [0.5, 0.6) is 0 Å². The molecule has 1 atom stereocenters. The SMILES string of the molecule is CCCCCNC(=O)C[C@@H](NC(=O)Cc1ccccc1)C(=O)OCC. The summed E-state index contributed by atoms with van der Waals surface area (Å²) in [4.78, 5) is 36.2. The van der Waals surface area contributed by atoms with E-state index in [4.69, 9.17) is 4.74 Å². The second kappa shape index (κ2) is 12.1. The van der Waals surface area contributed by atoms with Crippen LogP contribution in [0.4, 0.5) is 0 Å². The molecule has 0 saturated carbocycles.